The second-order valence-corrected chi connectivity index (χ2v) is 9.05. The number of hydrogen-bond acceptors (Lipinski definition) is 7. The quantitative estimate of drug-likeness (QED) is 0.703. The first-order valence-electron chi connectivity index (χ1n) is 8.93. The fourth-order valence-electron chi connectivity index (χ4n) is 3.44. The van der Waals surface area contributed by atoms with Gasteiger partial charge in [-0.05, 0) is 49.9 Å². The van der Waals surface area contributed by atoms with Gasteiger partial charge in [0.15, 0.2) is 15.5 Å². The zero-order valence-corrected chi connectivity index (χ0v) is 15.9. The van der Waals surface area contributed by atoms with Gasteiger partial charge in [-0.3, -0.25) is 0 Å². The van der Waals surface area contributed by atoms with Crippen molar-refractivity contribution < 1.29 is 8.42 Å². The van der Waals surface area contributed by atoms with Crippen LogP contribution >= 0.6 is 0 Å². The molecule has 2 aromatic heterocycles. The second-order valence-electron chi connectivity index (χ2n) is 7.04. The first-order chi connectivity index (χ1) is 12.9. The third-order valence-corrected chi connectivity index (χ3v) is 6.12. The van der Waals surface area contributed by atoms with Gasteiger partial charge in [-0.1, -0.05) is 0 Å². The van der Waals surface area contributed by atoms with E-state index in [0.717, 1.165) is 42.6 Å². The summed E-state index contributed by atoms with van der Waals surface area (Å²) in [6.07, 6.45) is 8.50. The zero-order valence-electron chi connectivity index (χ0n) is 15.0. The van der Waals surface area contributed by atoms with E-state index in [2.05, 4.69) is 20.4 Å². The second kappa shape index (κ2) is 6.90. The Morgan fingerprint density at radius 3 is 2.48 bits per heavy atom. The van der Waals surface area contributed by atoms with Gasteiger partial charge in [0.25, 0.3) is 0 Å². The van der Waals surface area contributed by atoms with Gasteiger partial charge in [0.2, 0.25) is 0 Å². The van der Waals surface area contributed by atoms with Gasteiger partial charge in [0.1, 0.15) is 12.1 Å². The maximum absolute atomic E-state index is 11.6. The maximum Gasteiger partial charge on any atom is 0.175 e. The fraction of sp³-hybridized carbons (Fsp3) is 0.389. The van der Waals surface area contributed by atoms with Gasteiger partial charge >= 0.3 is 0 Å². The Bertz CT molecular complexity index is 1050. The molecule has 0 spiro atoms. The fourth-order valence-corrected chi connectivity index (χ4v) is 4.07. The number of anilines is 1. The topological polar surface area (TPSA) is 116 Å². The first kappa shape index (κ1) is 17.9. The van der Waals surface area contributed by atoms with Crippen LogP contribution in [-0.4, -0.2) is 46.5 Å². The van der Waals surface area contributed by atoms with Gasteiger partial charge in [-0.15, -0.1) is 0 Å². The van der Waals surface area contributed by atoms with Crippen LogP contribution in [0.1, 0.15) is 25.7 Å². The van der Waals surface area contributed by atoms with E-state index in [1.807, 2.05) is 0 Å². The Balaban J connectivity index is 1.64. The van der Waals surface area contributed by atoms with E-state index in [9.17, 15) is 8.42 Å². The third kappa shape index (κ3) is 3.65. The minimum absolute atomic E-state index is 0.273. The van der Waals surface area contributed by atoms with Crippen molar-refractivity contribution in [2.75, 3.05) is 11.6 Å². The van der Waals surface area contributed by atoms with Crippen molar-refractivity contribution in [3.8, 4) is 5.69 Å². The molecule has 1 fully saturated rings. The Morgan fingerprint density at radius 2 is 1.81 bits per heavy atom. The lowest BCUT2D eigenvalue weighted by Crippen LogP contribution is -2.33. The summed E-state index contributed by atoms with van der Waals surface area (Å²) in [5.74, 6) is 0.763. The number of aromatic nitrogens is 4. The molecule has 9 heteroatoms. The molecule has 1 aliphatic carbocycles. The van der Waals surface area contributed by atoms with Gasteiger partial charge in [-0.2, -0.15) is 5.10 Å². The van der Waals surface area contributed by atoms with Crippen molar-refractivity contribution in [1.82, 2.24) is 19.7 Å². The lowest BCUT2D eigenvalue weighted by Gasteiger charge is -2.27. The smallest absolute Gasteiger partial charge is 0.175 e. The van der Waals surface area contributed by atoms with Crippen LogP contribution in [-0.2, 0) is 9.84 Å². The van der Waals surface area contributed by atoms with E-state index in [4.69, 9.17) is 5.73 Å². The summed E-state index contributed by atoms with van der Waals surface area (Å²) >= 11 is 0. The molecule has 4 rings (SSSR count). The Morgan fingerprint density at radius 1 is 1.11 bits per heavy atom. The van der Waals surface area contributed by atoms with Crippen LogP contribution < -0.4 is 11.1 Å². The van der Waals surface area contributed by atoms with Crippen LogP contribution in [0, 0.1) is 0 Å². The predicted molar refractivity (Wildman–Crippen MR) is 104 cm³/mol. The molecule has 2 heterocycles. The third-order valence-electron chi connectivity index (χ3n) is 4.99. The molecule has 0 aliphatic heterocycles. The van der Waals surface area contributed by atoms with E-state index in [-0.39, 0.29) is 4.90 Å². The molecule has 0 radical (unpaired) electrons. The largest absolute Gasteiger partial charge is 0.367 e. The minimum atomic E-state index is -3.23. The van der Waals surface area contributed by atoms with Crippen LogP contribution in [0.15, 0.2) is 41.7 Å². The van der Waals surface area contributed by atoms with E-state index < -0.39 is 9.84 Å². The highest BCUT2D eigenvalue weighted by molar-refractivity contribution is 7.90. The average molecular weight is 386 g/mol. The van der Waals surface area contributed by atoms with Gasteiger partial charge < -0.3 is 11.1 Å². The minimum Gasteiger partial charge on any atom is -0.367 e. The molecule has 142 valence electrons. The van der Waals surface area contributed by atoms with Crippen molar-refractivity contribution in [1.29, 1.82) is 0 Å². The lowest BCUT2D eigenvalue weighted by molar-refractivity contribution is 0.410. The van der Waals surface area contributed by atoms with Crippen LogP contribution in [0.3, 0.4) is 0 Å². The van der Waals surface area contributed by atoms with Crippen molar-refractivity contribution in [3.05, 3.63) is 36.8 Å². The van der Waals surface area contributed by atoms with Crippen molar-refractivity contribution in [2.45, 2.75) is 42.7 Å². The SMILES string of the molecule is CS(=O)(=O)c1ccc(-n2ncc3c(N[C@H]4CC[C@@H](N)CC4)ncnc32)cc1. The standard InChI is InChI=1S/C18H22N6O2S/c1-27(25,26)15-8-6-14(7-9-15)24-18-16(10-22-24)17(20-11-21-18)23-13-4-2-12(19)3-5-13/h6-13H,2-5,19H2,1H3,(H,20,21,23)/t12-,13+. The number of hydrogen-bond donors (Lipinski definition) is 2. The molecular weight excluding hydrogens is 364 g/mol. The molecule has 8 nitrogen and oxygen atoms in total. The van der Waals surface area contributed by atoms with Crippen molar-refractivity contribution >= 4 is 26.7 Å². The van der Waals surface area contributed by atoms with E-state index >= 15 is 0 Å². The summed E-state index contributed by atoms with van der Waals surface area (Å²) in [6, 6.07) is 7.24. The van der Waals surface area contributed by atoms with Crippen molar-refractivity contribution in [3.63, 3.8) is 0 Å². The van der Waals surface area contributed by atoms with Crippen LogP contribution in [0.5, 0.6) is 0 Å². The van der Waals surface area contributed by atoms with Crippen molar-refractivity contribution in [2.24, 2.45) is 5.73 Å². The highest BCUT2D eigenvalue weighted by Crippen LogP contribution is 2.26. The number of benzene rings is 1. The molecule has 0 bridgehead atoms. The Labute approximate surface area is 157 Å². The normalized spacial score (nSPS) is 20.7. The average Bonchev–Trinajstić information content (AvgIpc) is 3.08. The van der Waals surface area contributed by atoms with Crippen LogP contribution in [0.2, 0.25) is 0 Å². The number of nitrogens with one attached hydrogen (secondary N) is 1. The molecule has 0 unspecified atom stereocenters. The number of sulfone groups is 1. The summed E-state index contributed by atoms with van der Waals surface area (Å²) < 4.78 is 25.0. The molecular formula is C18H22N6O2S. The monoisotopic (exact) mass is 386 g/mol. The summed E-state index contributed by atoms with van der Waals surface area (Å²) in [4.78, 5) is 9.03. The molecule has 0 amide bonds. The van der Waals surface area contributed by atoms with Crippen LogP contribution in [0.4, 0.5) is 5.82 Å². The molecule has 0 saturated heterocycles. The lowest BCUT2D eigenvalue weighted by atomic mass is 9.92. The highest BCUT2D eigenvalue weighted by atomic mass is 32.2. The van der Waals surface area contributed by atoms with E-state index in [0.29, 0.717) is 17.7 Å². The molecule has 1 aliphatic rings. The van der Waals surface area contributed by atoms with Gasteiger partial charge in [0.05, 0.1) is 22.2 Å². The first-order valence-corrected chi connectivity index (χ1v) is 10.8. The molecule has 3 aromatic rings. The molecule has 1 aromatic carbocycles. The van der Waals surface area contributed by atoms with Gasteiger partial charge in [-0.25, -0.2) is 23.1 Å². The maximum atomic E-state index is 11.6. The molecule has 1 saturated carbocycles. The Kier molecular flexibility index (Phi) is 4.56. The molecule has 27 heavy (non-hydrogen) atoms. The number of fused-ring (bicyclic) bond motifs is 1. The Hall–Kier alpha value is -2.52. The molecule has 3 N–H and O–H groups in total. The highest BCUT2D eigenvalue weighted by Gasteiger charge is 2.20. The number of nitrogens with zero attached hydrogens (tertiary/aromatic N) is 4. The summed E-state index contributed by atoms with van der Waals surface area (Å²) in [5.41, 5.74) is 7.40. The zero-order chi connectivity index (χ0) is 19.0. The van der Waals surface area contributed by atoms with E-state index in [1.54, 1.807) is 35.1 Å². The van der Waals surface area contributed by atoms with Gasteiger partial charge in [0, 0.05) is 18.3 Å². The summed E-state index contributed by atoms with van der Waals surface area (Å²) in [6.45, 7) is 0. The molecule has 0 atom stereocenters. The number of rotatable bonds is 4. The number of nitrogens with two attached hydrogens (primary N) is 1. The summed E-state index contributed by atoms with van der Waals surface area (Å²) in [7, 11) is -3.23. The van der Waals surface area contributed by atoms with Crippen LogP contribution in [0.25, 0.3) is 16.7 Å². The predicted octanol–water partition coefficient (Wildman–Crippen LogP) is 1.90. The summed E-state index contributed by atoms with van der Waals surface area (Å²) in [5, 5.41) is 8.76. The van der Waals surface area contributed by atoms with E-state index in [1.165, 1.54) is 12.6 Å².